The molecule has 0 aromatic rings. The van der Waals surface area contributed by atoms with Crippen LogP contribution in [0.5, 0.6) is 0 Å². The van der Waals surface area contributed by atoms with Gasteiger partial charge in [0.2, 0.25) is 5.91 Å². The van der Waals surface area contributed by atoms with Gasteiger partial charge in [0, 0.05) is 19.6 Å². The van der Waals surface area contributed by atoms with Crippen molar-refractivity contribution in [3.63, 3.8) is 0 Å². The molecule has 1 amide bonds. The van der Waals surface area contributed by atoms with Gasteiger partial charge >= 0.3 is 0 Å². The van der Waals surface area contributed by atoms with E-state index in [1.54, 1.807) is 4.90 Å². The Balaban J connectivity index is 2.24. The van der Waals surface area contributed by atoms with Crippen molar-refractivity contribution in [1.29, 1.82) is 0 Å². The fraction of sp³-hybridized carbons (Fsp3) is 0.933. The fourth-order valence-electron chi connectivity index (χ4n) is 2.72. The molecule has 0 radical (unpaired) electrons. The Kier molecular flexibility index (Phi) is 7.39. The Morgan fingerprint density at radius 3 is 2.53 bits per heavy atom. The van der Waals surface area contributed by atoms with E-state index in [9.17, 15) is 4.79 Å². The quantitative estimate of drug-likeness (QED) is 0.762. The summed E-state index contributed by atoms with van der Waals surface area (Å²) in [5.74, 6) is 0.908. The molecule has 19 heavy (non-hydrogen) atoms. The minimum absolute atomic E-state index is 0.192. The average molecular weight is 269 g/mol. The van der Waals surface area contributed by atoms with Crippen LogP contribution < -0.4 is 5.32 Å². The van der Waals surface area contributed by atoms with Crippen LogP contribution in [-0.4, -0.2) is 61.5 Å². The maximum Gasteiger partial charge on any atom is 0.236 e. The second kappa shape index (κ2) is 8.54. The summed E-state index contributed by atoms with van der Waals surface area (Å²) >= 11 is 0. The second-order valence-corrected chi connectivity index (χ2v) is 5.76. The summed E-state index contributed by atoms with van der Waals surface area (Å²) < 4.78 is 0. The highest BCUT2D eigenvalue weighted by Gasteiger charge is 2.23. The van der Waals surface area contributed by atoms with Gasteiger partial charge in [-0.3, -0.25) is 4.79 Å². The monoisotopic (exact) mass is 269 g/mol. The Bertz CT molecular complexity index is 262. The van der Waals surface area contributed by atoms with Crippen molar-refractivity contribution >= 4 is 5.91 Å². The summed E-state index contributed by atoms with van der Waals surface area (Å²) in [7, 11) is 1.86. The first-order chi connectivity index (χ1) is 9.08. The van der Waals surface area contributed by atoms with Gasteiger partial charge in [-0.05, 0) is 58.7 Å². The number of nitrogens with one attached hydrogen (secondary N) is 1. The van der Waals surface area contributed by atoms with Gasteiger partial charge in [0.1, 0.15) is 0 Å². The van der Waals surface area contributed by atoms with E-state index in [0.717, 1.165) is 6.54 Å². The lowest BCUT2D eigenvalue weighted by atomic mass is 9.90. The molecule has 0 aliphatic carbocycles. The number of hydrogen-bond acceptors (Lipinski definition) is 3. The zero-order chi connectivity index (χ0) is 14.3. The number of rotatable bonds is 7. The highest BCUT2D eigenvalue weighted by atomic mass is 16.2. The lowest BCUT2D eigenvalue weighted by Gasteiger charge is -2.35. The van der Waals surface area contributed by atoms with E-state index in [1.165, 1.54) is 38.9 Å². The lowest BCUT2D eigenvalue weighted by molar-refractivity contribution is -0.128. The van der Waals surface area contributed by atoms with Crippen LogP contribution in [0.3, 0.4) is 0 Å². The van der Waals surface area contributed by atoms with E-state index >= 15 is 0 Å². The molecule has 1 aliphatic rings. The molecule has 1 aliphatic heterocycles. The number of carbonyl (C=O) groups excluding carboxylic acids is 1. The number of amides is 1. The molecule has 1 heterocycles. The minimum atomic E-state index is 0.192. The molecule has 1 unspecified atom stereocenters. The van der Waals surface area contributed by atoms with Crippen molar-refractivity contribution in [2.24, 2.45) is 5.92 Å². The van der Waals surface area contributed by atoms with Gasteiger partial charge in [-0.15, -0.1) is 0 Å². The normalized spacial score (nSPS) is 19.4. The topological polar surface area (TPSA) is 35.6 Å². The molecule has 0 saturated carbocycles. The third-order valence-corrected chi connectivity index (χ3v) is 4.35. The van der Waals surface area contributed by atoms with E-state index in [4.69, 9.17) is 0 Å². The zero-order valence-corrected chi connectivity index (χ0v) is 13.1. The Hall–Kier alpha value is -0.610. The van der Waals surface area contributed by atoms with Crippen LogP contribution in [0.1, 0.15) is 40.0 Å². The molecule has 4 nitrogen and oxygen atoms in total. The molecule has 1 fully saturated rings. The van der Waals surface area contributed by atoms with E-state index in [-0.39, 0.29) is 5.91 Å². The number of hydrogen-bond donors (Lipinski definition) is 1. The van der Waals surface area contributed by atoms with E-state index in [1.807, 2.05) is 14.0 Å². The molecule has 1 saturated heterocycles. The van der Waals surface area contributed by atoms with Crippen LogP contribution in [0.25, 0.3) is 0 Å². The largest absolute Gasteiger partial charge is 0.345 e. The number of likely N-dealkylation sites (tertiary alicyclic amines) is 1. The standard InChI is InChI=1S/C15H31N3O/c1-5-9-18-10-7-14(8-11-18)13(3)16-12-15(19)17(4)6-2/h13-14,16H,5-12H2,1-4H3. The second-order valence-electron chi connectivity index (χ2n) is 5.76. The lowest BCUT2D eigenvalue weighted by Crippen LogP contribution is -2.45. The van der Waals surface area contributed by atoms with E-state index in [2.05, 4.69) is 24.1 Å². The van der Waals surface area contributed by atoms with E-state index < -0.39 is 0 Å². The van der Waals surface area contributed by atoms with Crippen LogP contribution >= 0.6 is 0 Å². The van der Waals surface area contributed by atoms with Gasteiger partial charge in [-0.1, -0.05) is 6.92 Å². The van der Waals surface area contributed by atoms with Gasteiger partial charge < -0.3 is 15.1 Å². The summed E-state index contributed by atoms with van der Waals surface area (Å²) in [4.78, 5) is 16.1. The molecule has 112 valence electrons. The maximum absolute atomic E-state index is 11.8. The summed E-state index contributed by atoms with van der Waals surface area (Å²) in [5, 5.41) is 3.40. The van der Waals surface area contributed by atoms with Gasteiger partial charge in [-0.2, -0.15) is 0 Å². The van der Waals surface area contributed by atoms with E-state index in [0.29, 0.717) is 18.5 Å². The highest BCUT2D eigenvalue weighted by Crippen LogP contribution is 2.20. The Morgan fingerprint density at radius 2 is 2.00 bits per heavy atom. The van der Waals surface area contributed by atoms with Crippen molar-refractivity contribution in [1.82, 2.24) is 15.1 Å². The van der Waals surface area contributed by atoms with Gasteiger partial charge in [0.25, 0.3) is 0 Å². The maximum atomic E-state index is 11.8. The summed E-state index contributed by atoms with van der Waals surface area (Å²) in [6.45, 7) is 11.4. The molecule has 1 atom stereocenters. The third kappa shape index (κ3) is 5.49. The predicted octanol–water partition coefficient (Wildman–Crippen LogP) is 1.56. The SMILES string of the molecule is CCCN1CCC(C(C)NCC(=O)N(C)CC)CC1. The van der Waals surface area contributed by atoms with Crippen molar-refractivity contribution in [3.8, 4) is 0 Å². The molecule has 1 N–H and O–H groups in total. The molecule has 4 heteroatoms. The van der Waals surface area contributed by atoms with Crippen molar-refractivity contribution < 1.29 is 4.79 Å². The first-order valence-electron chi connectivity index (χ1n) is 7.78. The van der Waals surface area contributed by atoms with Crippen LogP contribution in [-0.2, 0) is 4.79 Å². The van der Waals surface area contributed by atoms with Crippen LogP contribution in [0.15, 0.2) is 0 Å². The van der Waals surface area contributed by atoms with Crippen LogP contribution in [0.2, 0.25) is 0 Å². The number of carbonyl (C=O) groups is 1. The van der Waals surface area contributed by atoms with Crippen LogP contribution in [0, 0.1) is 5.92 Å². The molecular formula is C15H31N3O. The zero-order valence-electron chi connectivity index (χ0n) is 13.1. The number of likely N-dealkylation sites (N-methyl/N-ethyl adjacent to an activating group) is 1. The molecular weight excluding hydrogens is 238 g/mol. The van der Waals surface area contributed by atoms with Crippen molar-refractivity contribution in [2.45, 2.75) is 46.1 Å². The summed E-state index contributed by atoms with van der Waals surface area (Å²) in [6.07, 6.45) is 3.76. The first kappa shape index (κ1) is 16.4. The van der Waals surface area contributed by atoms with Crippen molar-refractivity contribution in [2.75, 3.05) is 39.8 Å². The Labute approximate surface area is 118 Å². The average Bonchev–Trinajstić information content (AvgIpc) is 2.44. The van der Waals surface area contributed by atoms with Gasteiger partial charge in [0.15, 0.2) is 0 Å². The summed E-state index contributed by atoms with van der Waals surface area (Å²) in [6, 6.07) is 0.443. The molecule has 0 bridgehead atoms. The fourth-order valence-corrected chi connectivity index (χ4v) is 2.72. The summed E-state index contributed by atoms with van der Waals surface area (Å²) in [5.41, 5.74) is 0. The molecule has 0 spiro atoms. The Morgan fingerprint density at radius 1 is 1.37 bits per heavy atom. The molecule has 1 rings (SSSR count). The smallest absolute Gasteiger partial charge is 0.236 e. The number of piperidine rings is 1. The van der Waals surface area contributed by atoms with Crippen molar-refractivity contribution in [3.05, 3.63) is 0 Å². The molecule has 0 aromatic heterocycles. The number of nitrogens with zero attached hydrogens (tertiary/aromatic N) is 2. The van der Waals surface area contributed by atoms with Crippen LogP contribution in [0.4, 0.5) is 0 Å². The van der Waals surface area contributed by atoms with Gasteiger partial charge in [0.05, 0.1) is 6.54 Å². The third-order valence-electron chi connectivity index (χ3n) is 4.35. The van der Waals surface area contributed by atoms with Gasteiger partial charge in [-0.25, -0.2) is 0 Å². The molecule has 0 aromatic carbocycles. The highest BCUT2D eigenvalue weighted by molar-refractivity contribution is 5.77. The predicted molar refractivity (Wildman–Crippen MR) is 80.2 cm³/mol. The first-order valence-corrected chi connectivity index (χ1v) is 7.78. The minimum Gasteiger partial charge on any atom is -0.345 e.